The molecule has 0 amide bonds. The van der Waals surface area contributed by atoms with Gasteiger partial charge >= 0.3 is 0 Å². The zero-order valence-electron chi connectivity index (χ0n) is 12.0. The molecular weight excluding hydrogens is 286 g/mol. The van der Waals surface area contributed by atoms with Gasteiger partial charge in [0, 0.05) is 23.9 Å². The lowest BCUT2D eigenvalue weighted by Gasteiger charge is -2.22. The molecule has 0 aliphatic heterocycles. The predicted molar refractivity (Wildman–Crippen MR) is 88.6 cm³/mol. The zero-order chi connectivity index (χ0) is 15.1. The average Bonchev–Trinajstić information content (AvgIpc) is 2.42. The molecule has 21 heavy (non-hydrogen) atoms. The fourth-order valence-corrected chi connectivity index (χ4v) is 2.93. The van der Waals surface area contributed by atoms with Crippen molar-refractivity contribution in [2.45, 2.75) is 51.0 Å². The van der Waals surface area contributed by atoms with Crippen LogP contribution in [0, 0.1) is 10.1 Å². The maximum atomic E-state index is 10.8. The number of benzene rings is 1. The van der Waals surface area contributed by atoms with Gasteiger partial charge in [-0.15, -0.1) is 0 Å². The van der Waals surface area contributed by atoms with Gasteiger partial charge < -0.3 is 10.6 Å². The van der Waals surface area contributed by atoms with E-state index in [1.54, 1.807) is 12.1 Å². The third kappa shape index (κ3) is 5.30. The predicted octanol–water partition coefficient (Wildman–Crippen LogP) is 3.99. The molecule has 0 bridgehead atoms. The Balaban J connectivity index is 1.88. The van der Waals surface area contributed by atoms with Crippen molar-refractivity contribution in [2.75, 3.05) is 5.32 Å². The third-order valence-electron chi connectivity index (χ3n) is 3.76. The van der Waals surface area contributed by atoms with Crippen LogP contribution in [-0.4, -0.2) is 16.1 Å². The van der Waals surface area contributed by atoms with Crippen molar-refractivity contribution < 1.29 is 4.92 Å². The van der Waals surface area contributed by atoms with E-state index in [9.17, 15) is 10.1 Å². The molecule has 0 heterocycles. The van der Waals surface area contributed by atoms with Crippen molar-refractivity contribution in [1.29, 1.82) is 0 Å². The second-order valence-corrected chi connectivity index (χ2v) is 5.86. The lowest BCUT2D eigenvalue weighted by molar-refractivity contribution is -0.384. The summed E-state index contributed by atoms with van der Waals surface area (Å²) in [7, 11) is 0. The van der Waals surface area contributed by atoms with Gasteiger partial charge in [0.2, 0.25) is 0 Å². The number of thiocarbonyl (C=S) groups is 1. The summed E-state index contributed by atoms with van der Waals surface area (Å²) in [4.78, 5) is 10.3. The number of nitrogens with zero attached hydrogens (tertiary/aromatic N) is 1. The number of nitrogens with one attached hydrogen (secondary N) is 2. The van der Waals surface area contributed by atoms with Crippen LogP contribution >= 0.6 is 12.2 Å². The minimum atomic E-state index is -0.406. The van der Waals surface area contributed by atoms with E-state index in [1.165, 1.54) is 44.2 Å². The van der Waals surface area contributed by atoms with Crippen LogP contribution in [0.25, 0.3) is 0 Å². The first-order chi connectivity index (χ1) is 10.1. The maximum absolute atomic E-state index is 10.8. The molecule has 1 saturated carbocycles. The van der Waals surface area contributed by atoms with Gasteiger partial charge in [-0.3, -0.25) is 10.1 Å². The molecule has 0 spiro atoms. The van der Waals surface area contributed by atoms with Crippen LogP contribution in [0.2, 0.25) is 0 Å². The first kappa shape index (κ1) is 15.7. The Labute approximate surface area is 130 Å². The Morgan fingerprint density at radius 3 is 2.52 bits per heavy atom. The Morgan fingerprint density at radius 2 is 1.86 bits per heavy atom. The van der Waals surface area contributed by atoms with Crippen LogP contribution in [0.4, 0.5) is 11.4 Å². The summed E-state index contributed by atoms with van der Waals surface area (Å²) < 4.78 is 0. The molecule has 1 aromatic carbocycles. The quantitative estimate of drug-likeness (QED) is 0.502. The minimum absolute atomic E-state index is 0.0637. The monoisotopic (exact) mass is 307 g/mol. The smallest absolute Gasteiger partial charge is 0.271 e. The topological polar surface area (TPSA) is 67.2 Å². The molecule has 0 saturated heterocycles. The molecule has 1 aliphatic carbocycles. The van der Waals surface area contributed by atoms with E-state index in [0.29, 0.717) is 16.8 Å². The van der Waals surface area contributed by atoms with Crippen LogP contribution in [0.3, 0.4) is 0 Å². The lowest BCUT2D eigenvalue weighted by atomic mass is 9.97. The summed E-state index contributed by atoms with van der Waals surface area (Å²) in [6, 6.07) is 6.80. The Hall–Kier alpha value is -1.69. The van der Waals surface area contributed by atoms with Gasteiger partial charge in [-0.2, -0.15) is 0 Å². The van der Waals surface area contributed by atoms with Gasteiger partial charge in [-0.1, -0.05) is 38.2 Å². The number of rotatable bonds is 3. The first-order valence-electron chi connectivity index (χ1n) is 7.47. The standard InChI is InChI=1S/C15H21N3O2S/c19-18(20)14-10-6-9-13(11-14)17-15(21)16-12-7-4-2-1-3-5-8-12/h6,9-12H,1-5,7-8H2,(H2,16,17,21). The fourth-order valence-electron chi connectivity index (χ4n) is 2.65. The van der Waals surface area contributed by atoms with Crippen LogP contribution in [0.15, 0.2) is 24.3 Å². The molecule has 1 fully saturated rings. The van der Waals surface area contributed by atoms with Crippen molar-refractivity contribution in [1.82, 2.24) is 5.32 Å². The Morgan fingerprint density at radius 1 is 1.19 bits per heavy atom. The SMILES string of the molecule is O=[N+]([O-])c1cccc(NC(=S)NC2CCCCCCC2)c1. The van der Waals surface area contributed by atoms with Crippen molar-refractivity contribution in [3.63, 3.8) is 0 Å². The van der Waals surface area contributed by atoms with Gasteiger partial charge in [-0.25, -0.2) is 0 Å². The molecule has 2 rings (SSSR count). The highest BCUT2D eigenvalue weighted by molar-refractivity contribution is 7.80. The number of anilines is 1. The second kappa shape index (κ2) is 7.93. The van der Waals surface area contributed by atoms with E-state index in [4.69, 9.17) is 12.2 Å². The third-order valence-corrected chi connectivity index (χ3v) is 3.98. The molecule has 2 N–H and O–H groups in total. The minimum Gasteiger partial charge on any atom is -0.360 e. The van der Waals surface area contributed by atoms with Crippen molar-refractivity contribution >= 4 is 28.7 Å². The number of hydrogen-bond acceptors (Lipinski definition) is 3. The van der Waals surface area contributed by atoms with Crippen LogP contribution < -0.4 is 10.6 Å². The Kier molecular flexibility index (Phi) is 5.92. The van der Waals surface area contributed by atoms with E-state index in [-0.39, 0.29) is 5.69 Å². The van der Waals surface area contributed by atoms with E-state index >= 15 is 0 Å². The Bertz CT molecular complexity index is 499. The summed E-state index contributed by atoms with van der Waals surface area (Å²) in [5, 5.41) is 17.7. The highest BCUT2D eigenvalue weighted by Gasteiger charge is 2.13. The molecule has 6 heteroatoms. The fraction of sp³-hybridized carbons (Fsp3) is 0.533. The largest absolute Gasteiger partial charge is 0.360 e. The van der Waals surface area contributed by atoms with Crippen LogP contribution in [0.1, 0.15) is 44.9 Å². The summed E-state index contributed by atoms with van der Waals surface area (Å²) in [6.45, 7) is 0. The first-order valence-corrected chi connectivity index (χ1v) is 7.88. The summed E-state index contributed by atoms with van der Waals surface area (Å²) in [5.74, 6) is 0. The zero-order valence-corrected chi connectivity index (χ0v) is 12.8. The highest BCUT2D eigenvalue weighted by Crippen LogP contribution is 2.19. The molecule has 0 aromatic heterocycles. The molecule has 1 aliphatic rings. The molecule has 5 nitrogen and oxygen atoms in total. The van der Waals surface area contributed by atoms with Gasteiger partial charge in [0.15, 0.2) is 5.11 Å². The number of non-ortho nitro benzene ring substituents is 1. The number of nitro groups is 1. The molecule has 114 valence electrons. The average molecular weight is 307 g/mol. The second-order valence-electron chi connectivity index (χ2n) is 5.45. The highest BCUT2D eigenvalue weighted by atomic mass is 32.1. The van der Waals surface area contributed by atoms with Gasteiger partial charge in [0.05, 0.1) is 4.92 Å². The van der Waals surface area contributed by atoms with E-state index < -0.39 is 4.92 Å². The van der Waals surface area contributed by atoms with E-state index in [1.807, 2.05) is 0 Å². The summed E-state index contributed by atoms with van der Waals surface area (Å²) >= 11 is 5.31. The summed E-state index contributed by atoms with van der Waals surface area (Å²) in [6.07, 6.45) is 8.66. The molecule has 1 aromatic rings. The van der Waals surface area contributed by atoms with Crippen molar-refractivity contribution in [2.24, 2.45) is 0 Å². The number of nitro benzene ring substituents is 1. The lowest BCUT2D eigenvalue weighted by Crippen LogP contribution is -2.38. The van der Waals surface area contributed by atoms with Gasteiger partial charge in [-0.05, 0) is 31.1 Å². The van der Waals surface area contributed by atoms with E-state index in [2.05, 4.69) is 10.6 Å². The van der Waals surface area contributed by atoms with Crippen LogP contribution in [-0.2, 0) is 0 Å². The molecular formula is C15H21N3O2S. The van der Waals surface area contributed by atoms with Crippen LogP contribution in [0.5, 0.6) is 0 Å². The molecule has 0 atom stereocenters. The molecule has 0 unspecified atom stereocenters. The van der Waals surface area contributed by atoms with E-state index in [0.717, 1.165) is 12.8 Å². The maximum Gasteiger partial charge on any atom is 0.271 e. The summed E-state index contributed by atoms with van der Waals surface area (Å²) in [5.41, 5.74) is 0.710. The van der Waals surface area contributed by atoms with Crippen molar-refractivity contribution in [3.05, 3.63) is 34.4 Å². The van der Waals surface area contributed by atoms with Gasteiger partial charge in [0.1, 0.15) is 0 Å². The van der Waals surface area contributed by atoms with Crippen molar-refractivity contribution in [3.8, 4) is 0 Å². The normalized spacial score (nSPS) is 16.6. The molecule has 0 radical (unpaired) electrons. The number of hydrogen-bond donors (Lipinski definition) is 2. The van der Waals surface area contributed by atoms with Gasteiger partial charge in [0.25, 0.3) is 5.69 Å².